The number of pyridine rings is 1. The van der Waals surface area contributed by atoms with Crippen LogP contribution in [0.4, 0.5) is 0 Å². The van der Waals surface area contributed by atoms with Gasteiger partial charge in [0.2, 0.25) is 11.8 Å². The molecule has 3 heterocycles. The number of hydrogen-bond acceptors (Lipinski definition) is 5. The zero-order valence-corrected chi connectivity index (χ0v) is 14.4. The third kappa shape index (κ3) is 2.68. The van der Waals surface area contributed by atoms with Gasteiger partial charge in [-0.1, -0.05) is 6.07 Å². The average Bonchev–Trinajstić information content (AvgIpc) is 3.28. The van der Waals surface area contributed by atoms with Crippen molar-refractivity contribution < 1.29 is 17.9 Å². The van der Waals surface area contributed by atoms with Gasteiger partial charge in [-0.25, -0.2) is 13.4 Å². The van der Waals surface area contributed by atoms with Crippen LogP contribution in [-0.4, -0.2) is 54.4 Å². The molecule has 1 atom stereocenters. The number of nitrogens with zero attached hydrogens (tertiary/aromatic N) is 2. The maximum atomic E-state index is 12.6. The van der Waals surface area contributed by atoms with Crippen molar-refractivity contribution in [2.45, 2.75) is 30.4 Å². The Balaban J connectivity index is 1.42. The number of aromatic nitrogens is 1. The van der Waals surface area contributed by atoms with E-state index in [9.17, 15) is 13.2 Å². The second-order valence-corrected chi connectivity index (χ2v) is 9.70. The van der Waals surface area contributed by atoms with Gasteiger partial charge in [0.1, 0.15) is 4.75 Å². The van der Waals surface area contributed by atoms with Crippen LogP contribution in [0.2, 0.25) is 0 Å². The van der Waals surface area contributed by atoms with Gasteiger partial charge in [-0.15, -0.1) is 0 Å². The predicted octanol–water partition coefficient (Wildman–Crippen LogP) is 1.28. The summed E-state index contributed by atoms with van der Waals surface area (Å²) < 4.78 is 30.1. The van der Waals surface area contributed by atoms with E-state index in [-0.39, 0.29) is 17.6 Å². The maximum Gasteiger partial charge on any atom is 0.222 e. The van der Waals surface area contributed by atoms with Gasteiger partial charge in [0.05, 0.1) is 12.4 Å². The fraction of sp³-hybridized carbons (Fsp3) is 0.647. The molecule has 24 heavy (non-hydrogen) atoms. The topological polar surface area (TPSA) is 76.6 Å². The van der Waals surface area contributed by atoms with Crippen molar-refractivity contribution in [3.8, 4) is 5.88 Å². The molecule has 1 aromatic heterocycles. The van der Waals surface area contributed by atoms with Gasteiger partial charge >= 0.3 is 0 Å². The SMILES string of the molecule is O=C(CC1CC1)N1CC2(C1)[C@@H](COc1ccccn1)CCS2(=O)=O. The fourth-order valence-corrected chi connectivity index (χ4v) is 6.20. The van der Waals surface area contributed by atoms with E-state index in [1.807, 2.05) is 12.1 Å². The molecule has 3 fully saturated rings. The molecule has 0 aromatic carbocycles. The molecule has 0 radical (unpaired) electrons. The highest BCUT2D eigenvalue weighted by Crippen LogP contribution is 2.45. The quantitative estimate of drug-likeness (QED) is 0.799. The molecule has 1 amide bonds. The summed E-state index contributed by atoms with van der Waals surface area (Å²) in [5, 5.41) is 0. The minimum Gasteiger partial charge on any atom is -0.477 e. The zero-order valence-electron chi connectivity index (χ0n) is 13.6. The lowest BCUT2D eigenvalue weighted by Gasteiger charge is -2.49. The van der Waals surface area contributed by atoms with Gasteiger partial charge in [-0.05, 0) is 31.2 Å². The molecule has 1 spiro atoms. The molecule has 1 saturated carbocycles. The van der Waals surface area contributed by atoms with Crippen molar-refractivity contribution in [1.29, 1.82) is 0 Å². The molecule has 2 saturated heterocycles. The number of hydrogen-bond donors (Lipinski definition) is 0. The molecule has 7 heteroatoms. The van der Waals surface area contributed by atoms with Gasteiger partial charge in [0.25, 0.3) is 0 Å². The number of ether oxygens (including phenoxy) is 1. The molecule has 2 aliphatic heterocycles. The number of amides is 1. The summed E-state index contributed by atoms with van der Waals surface area (Å²) in [7, 11) is -3.18. The van der Waals surface area contributed by atoms with E-state index in [2.05, 4.69) is 4.98 Å². The molecule has 1 aliphatic carbocycles. The lowest BCUT2D eigenvalue weighted by Crippen LogP contribution is -2.69. The van der Waals surface area contributed by atoms with Crippen molar-refractivity contribution in [3.05, 3.63) is 24.4 Å². The molecule has 6 nitrogen and oxygen atoms in total. The number of sulfone groups is 1. The smallest absolute Gasteiger partial charge is 0.222 e. The highest BCUT2D eigenvalue weighted by atomic mass is 32.2. The summed E-state index contributed by atoms with van der Waals surface area (Å²) in [4.78, 5) is 18.0. The first-order valence-electron chi connectivity index (χ1n) is 8.54. The molecule has 0 bridgehead atoms. The molecule has 130 valence electrons. The number of carbonyl (C=O) groups excluding carboxylic acids is 1. The highest BCUT2D eigenvalue weighted by molar-refractivity contribution is 7.93. The van der Waals surface area contributed by atoms with E-state index in [4.69, 9.17) is 4.74 Å². The molecule has 3 aliphatic rings. The van der Waals surface area contributed by atoms with Crippen LogP contribution in [0.1, 0.15) is 25.7 Å². The Hall–Kier alpha value is -1.63. The zero-order chi connectivity index (χ0) is 16.8. The monoisotopic (exact) mass is 350 g/mol. The van der Waals surface area contributed by atoms with Crippen LogP contribution in [0, 0.1) is 11.8 Å². The molecule has 0 unspecified atom stereocenters. The van der Waals surface area contributed by atoms with E-state index in [1.54, 1.807) is 17.2 Å². The first-order valence-corrected chi connectivity index (χ1v) is 10.2. The van der Waals surface area contributed by atoms with Gasteiger partial charge in [0, 0.05) is 37.7 Å². The number of rotatable bonds is 5. The summed E-state index contributed by atoms with van der Waals surface area (Å²) >= 11 is 0. The van der Waals surface area contributed by atoms with Crippen molar-refractivity contribution in [3.63, 3.8) is 0 Å². The van der Waals surface area contributed by atoms with Crippen LogP contribution in [-0.2, 0) is 14.6 Å². The summed E-state index contributed by atoms with van der Waals surface area (Å²) in [6, 6.07) is 5.41. The van der Waals surface area contributed by atoms with Crippen molar-refractivity contribution in [2.75, 3.05) is 25.4 Å². The van der Waals surface area contributed by atoms with Crippen LogP contribution in [0.5, 0.6) is 5.88 Å². The minimum atomic E-state index is -3.18. The lowest BCUT2D eigenvalue weighted by molar-refractivity contribution is -0.138. The first-order chi connectivity index (χ1) is 11.5. The third-order valence-corrected chi connectivity index (χ3v) is 8.20. The summed E-state index contributed by atoms with van der Waals surface area (Å²) in [6.07, 6.45) is 5.08. The Morgan fingerprint density at radius 2 is 2.08 bits per heavy atom. The molecule has 1 aromatic rings. The summed E-state index contributed by atoms with van der Waals surface area (Å²) in [5.41, 5.74) is 0. The van der Waals surface area contributed by atoms with Crippen LogP contribution in [0.15, 0.2) is 24.4 Å². The van der Waals surface area contributed by atoms with E-state index in [0.29, 0.717) is 44.3 Å². The Labute approximate surface area is 142 Å². The Kier molecular flexibility index (Phi) is 3.78. The molecular formula is C17H22N2O4S. The number of likely N-dealkylation sites (tertiary alicyclic amines) is 1. The molecule has 4 rings (SSSR count). The average molecular weight is 350 g/mol. The Morgan fingerprint density at radius 3 is 2.75 bits per heavy atom. The predicted molar refractivity (Wildman–Crippen MR) is 88.3 cm³/mol. The van der Waals surface area contributed by atoms with E-state index >= 15 is 0 Å². The van der Waals surface area contributed by atoms with E-state index < -0.39 is 14.6 Å². The van der Waals surface area contributed by atoms with Crippen molar-refractivity contribution in [2.24, 2.45) is 11.8 Å². The second kappa shape index (κ2) is 5.72. The fourth-order valence-electron chi connectivity index (χ4n) is 3.80. The largest absolute Gasteiger partial charge is 0.477 e. The van der Waals surface area contributed by atoms with Gasteiger partial charge in [-0.2, -0.15) is 0 Å². The first kappa shape index (κ1) is 15.9. The van der Waals surface area contributed by atoms with E-state index in [0.717, 1.165) is 12.8 Å². The van der Waals surface area contributed by atoms with Crippen LogP contribution < -0.4 is 4.74 Å². The summed E-state index contributed by atoms with van der Waals surface area (Å²) in [6.45, 7) is 0.995. The van der Waals surface area contributed by atoms with Crippen LogP contribution in [0.25, 0.3) is 0 Å². The lowest BCUT2D eigenvalue weighted by atomic mass is 9.83. The van der Waals surface area contributed by atoms with Crippen LogP contribution in [0.3, 0.4) is 0 Å². The molecule has 0 N–H and O–H groups in total. The third-order valence-electron chi connectivity index (χ3n) is 5.60. The van der Waals surface area contributed by atoms with Crippen LogP contribution >= 0.6 is 0 Å². The van der Waals surface area contributed by atoms with Gasteiger partial charge < -0.3 is 9.64 Å². The van der Waals surface area contributed by atoms with Gasteiger partial charge in [0.15, 0.2) is 9.84 Å². The second-order valence-electron chi connectivity index (χ2n) is 7.25. The highest BCUT2D eigenvalue weighted by Gasteiger charge is 2.62. The maximum absolute atomic E-state index is 12.6. The van der Waals surface area contributed by atoms with E-state index in [1.165, 1.54) is 0 Å². The van der Waals surface area contributed by atoms with Crippen molar-refractivity contribution >= 4 is 15.7 Å². The minimum absolute atomic E-state index is 0.0746. The Morgan fingerprint density at radius 1 is 1.29 bits per heavy atom. The normalized spacial score (nSPS) is 27.0. The number of carbonyl (C=O) groups is 1. The van der Waals surface area contributed by atoms with Crippen molar-refractivity contribution in [1.82, 2.24) is 9.88 Å². The van der Waals surface area contributed by atoms with Gasteiger partial charge in [-0.3, -0.25) is 4.79 Å². The Bertz CT molecular complexity index is 724. The standard InChI is InChI=1S/C17H22N2O4S/c20-16(9-13-4-5-13)19-11-17(12-19)14(6-8-24(17,21)22)10-23-15-3-1-2-7-18-15/h1-3,7,13-14H,4-6,8-12H2/t14-/m1/s1. The molecular weight excluding hydrogens is 328 g/mol. The summed E-state index contributed by atoms with van der Waals surface area (Å²) in [5.74, 6) is 1.26.